The van der Waals surface area contributed by atoms with E-state index < -0.39 is 44.0 Å². The summed E-state index contributed by atoms with van der Waals surface area (Å²) in [6.07, 6.45) is 1.87. The minimum absolute atomic E-state index is 0.0153. The van der Waals surface area contributed by atoms with Gasteiger partial charge in [0.15, 0.2) is 27.3 Å². The van der Waals surface area contributed by atoms with Crippen molar-refractivity contribution in [3.8, 4) is 0 Å². The molecule has 3 aromatic carbocycles. The highest BCUT2D eigenvalue weighted by Gasteiger charge is 2.56. The second-order valence-corrected chi connectivity index (χ2v) is 14.8. The molecule has 0 heterocycles. The number of hydrogen-bond donors (Lipinski definition) is 3. The molecule has 12 heteroatoms. The van der Waals surface area contributed by atoms with Gasteiger partial charge in [-0.3, -0.25) is 4.79 Å². The number of benzene rings is 3. The Morgan fingerprint density at radius 2 is 1.64 bits per heavy atom. The predicted octanol–water partition coefficient (Wildman–Crippen LogP) is 6.70. The number of hydroxylamine groups is 1. The normalized spacial score (nSPS) is 24.3. The van der Waals surface area contributed by atoms with Crippen molar-refractivity contribution in [2.75, 3.05) is 11.9 Å². The topological polar surface area (TPSA) is 105 Å². The number of carbonyl (C=O) groups is 1. The zero-order valence-corrected chi connectivity index (χ0v) is 26.5. The first-order valence-corrected chi connectivity index (χ1v) is 16.8. The maximum atomic E-state index is 14.1. The molecular weight excluding hydrogens is 629 g/mol. The molecule has 0 spiro atoms. The van der Waals surface area contributed by atoms with Gasteiger partial charge >= 0.3 is 0 Å². The lowest BCUT2D eigenvalue weighted by Crippen LogP contribution is -2.51. The quantitative estimate of drug-likeness (QED) is 0.120. The molecule has 2 aliphatic rings. The average molecular weight is 665 g/mol. The Hall–Kier alpha value is -2.96. The maximum Gasteiger partial charge on any atom is 0.255 e. The molecule has 3 aromatic rings. The summed E-state index contributed by atoms with van der Waals surface area (Å²) in [6, 6.07) is 14.8. The summed E-state index contributed by atoms with van der Waals surface area (Å²) in [7, 11) is -4.04. The zero-order valence-electron chi connectivity index (χ0n) is 24.9. The molecule has 0 aromatic heterocycles. The Kier molecular flexibility index (Phi) is 9.96. The second kappa shape index (κ2) is 13.4. The van der Waals surface area contributed by atoms with Gasteiger partial charge in [0.2, 0.25) is 0 Å². The zero-order chi connectivity index (χ0) is 32.5. The smallest absolute Gasteiger partial charge is 0.255 e. The Labute approximate surface area is 266 Å². The first kappa shape index (κ1) is 33.4. The highest BCUT2D eigenvalue weighted by atomic mass is 35.5. The van der Waals surface area contributed by atoms with Crippen molar-refractivity contribution >= 4 is 33.0 Å². The molecule has 2 bridgehead atoms. The number of halogens is 4. The van der Waals surface area contributed by atoms with Crippen molar-refractivity contribution in [1.29, 1.82) is 0 Å². The van der Waals surface area contributed by atoms with Crippen molar-refractivity contribution < 1.29 is 36.3 Å². The number of nitrogens with one attached hydrogen (secondary N) is 2. The number of aliphatic hydroxyl groups is 1. The molecule has 3 N–H and O–H groups in total. The first-order chi connectivity index (χ1) is 21.3. The van der Waals surface area contributed by atoms with Crippen LogP contribution in [0.4, 0.5) is 18.9 Å². The minimum Gasteiger partial charge on any atom is -0.390 e. The molecule has 242 valence electrons. The SMILES string of the molecule is CC(CONCc1ccccc1)C(C)[C@]1(O)CC2CC[C@H](C1)C2S(=O)(=O)c1cc(C(=O)Nc2cc(F)c(F)c(F)c2)ccc1Cl. The van der Waals surface area contributed by atoms with E-state index in [1.54, 1.807) is 0 Å². The fourth-order valence-corrected chi connectivity index (χ4v) is 9.73. The number of amides is 1. The van der Waals surface area contributed by atoms with E-state index in [4.69, 9.17) is 16.4 Å². The van der Waals surface area contributed by atoms with Crippen LogP contribution in [0.25, 0.3) is 0 Å². The third-order valence-corrected chi connectivity index (χ3v) is 12.3. The summed E-state index contributed by atoms with van der Waals surface area (Å²) in [5.41, 5.74) is 2.53. The van der Waals surface area contributed by atoms with Gasteiger partial charge in [0.25, 0.3) is 5.91 Å². The van der Waals surface area contributed by atoms with Gasteiger partial charge in [-0.1, -0.05) is 55.8 Å². The summed E-state index contributed by atoms with van der Waals surface area (Å²) in [5.74, 6) is -6.29. The molecule has 45 heavy (non-hydrogen) atoms. The van der Waals surface area contributed by atoms with E-state index in [2.05, 4.69) is 10.8 Å². The largest absolute Gasteiger partial charge is 0.390 e. The number of carbonyl (C=O) groups excluding carboxylic acids is 1. The summed E-state index contributed by atoms with van der Waals surface area (Å²) in [6.45, 7) is 4.89. The van der Waals surface area contributed by atoms with Gasteiger partial charge < -0.3 is 15.3 Å². The van der Waals surface area contributed by atoms with E-state index in [0.29, 0.717) is 51.0 Å². The van der Waals surface area contributed by atoms with Crippen molar-refractivity contribution in [3.05, 3.63) is 94.3 Å². The van der Waals surface area contributed by atoms with Crippen molar-refractivity contribution in [3.63, 3.8) is 0 Å². The molecule has 6 atom stereocenters. The second-order valence-electron chi connectivity index (χ2n) is 12.4. The Bertz CT molecular complexity index is 1620. The summed E-state index contributed by atoms with van der Waals surface area (Å²) >= 11 is 6.37. The van der Waals surface area contributed by atoms with Gasteiger partial charge in [0.1, 0.15) is 0 Å². The Morgan fingerprint density at radius 1 is 1.02 bits per heavy atom. The third-order valence-electron chi connectivity index (χ3n) is 9.44. The number of fused-ring (bicyclic) bond motifs is 2. The Balaban J connectivity index is 1.26. The molecule has 2 fully saturated rings. The van der Waals surface area contributed by atoms with E-state index in [0.717, 1.165) is 11.6 Å². The average Bonchev–Trinajstić information content (AvgIpc) is 3.30. The van der Waals surface area contributed by atoms with Crippen LogP contribution in [0.2, 0.25) is 5.02 Å². The highest BCUT2D eigenvalue weighted by Crippen LogP contribution is 2.54. The minimum atomic E-state index is -4.04. The first-order valence-electron chi connectivity index (χ1n) is 14.9. The van der Waals surface area contributed by atoms with E-state index >= 15 is 0 Å². The molecule has 0 radical (unpaired) electrons. The van der Waals surface area contributed by atoms with Crippen molar-refractivity contribution in [2.24, 2.45) is 23.7 Å². The van der Waals surface area contributed by atoms with Crippen molar-refractivity contribution in [2.45, 2.75) is 61.8 Å². The van der Waals surface area contributed by atoms with Gasteiger partial charge in [-0.25, -0.2) is 21.6 Å². The Morgan fingerprint density at radius 3 is 2.27 bits per heavy atom. The van der Waals surface area contributed by atoms with Crippen LogP contribution in [0.5, 0.6) is 0 Å². The number of rotatable bonds is 11. The molecule has 4 unspecified atom stereocenters. The lowest BCUT2D eigenvalue weighted by molar-refractivity contribution is -0.0959. The number of hydrogen-bond acceptors (Lipinski definition) is 6. The van der Waals surface area contributed by atoms with Gasteiger partial charge in [-0.05, 0) is 73.1 Å². The van der Waals surface area contributed by atoms with Crippen LogP contribution in [0.15, 0.2) is 65.6 Å². The number of sulfone groups is 1. The van der Waals surface area contributed by atoms with E-state index in [-0.39, 0.29) is 44.8 Å². The van der Waals surface area contributed by atoms with Crippen LogP contribution >= 0.6 is 11.6 Å². The van der Waals surface area contributed by atoms with E-state index in [1.807, 2.05) is 44.2 Å². The van der Waals surface area contributed by atoms with Crippen LogP contribution in [0.1, 0.15) is 55.5 Å². The van der Waals surface area contributed by atoms with Gasteiger partial charge in [-0.2, -0.15) is 5.48 Å². The molecule has 0 aliphatic heterocycles. The standard InChI is InChI=1S/C33H36ClF3N2O5S/c1-19(18-44-38-17-21-6-4-3-5-7-21)20(2)33(41)15-23-8-9-24(16-33)31(23)45(42,43)29-12-22(10-11-26(29)34)32(40)39-25-13-27(35)30(37)28(36)14-25/h3-7,10-14,19-20,23-24,31,38,41H,8-9,15-18H2,1-2H3,(H,39,40)/t19?,20?,23-,24?,31?,33-/m1/s1. The van der Waals surface area contributed by atoms with Crippen LogP contribution in [0.3, 0.4) is 0 Å². The fraction of sp³-hybridized carbons (Fsp3) is 0.424. The molecule has 5 rings (SSSR count). The summed E-state index contributed by atoms with van der Waals surface area (Å²) in [4.78, 5) is 18.4. The van der Waals surface area contributed by atoms with E-state index in [1.165, 1.54) is 12.1 Å². The van der Waals surface area contributed by atoms with E-state index in [9.17, 15) is 31.5 Å². The van der Waals surface area contributed by atoms with Crippen molar-refractivity contribution in [1.82, 2.24) is 5.48 Å². The molecule has 2 saturated carbocycles. The summed E-state index contributed by atoms with van der Waals surface area (Å²) < 4.78 is 68.7. The lowest BCUT2D eigenvalue weighted by Gasteiger charge is -2.46. The number of anilines is 1. The lowest BCUT2D eigenvalue weighted by atomic mass is 9.68. The van der Waals surface area contributed by atoms with Crippen LogP contribution in [-0.4, -0.2) is 36.9 Å². The van der Waals surface area contributed by atoms with Gasteiger partial charge in [0, 0.05) is 29.9 Å². The van der Waals surface area contributed by atoms with Gasteiger partial charge in [-0.15, -0.1) is 0 Å². The molecule has 7 nitrogen and oxygen atoms in total. The monoisotopic (exact) mass is 664 g/mol. The molecule has 0 saturated heterocycles. The van der Waals surface area contributed by atoms with Crippen LogP contribution in [-0.2, 0) is 21.2 Å². The molecule has 2 aliphatic carbocycles. The molecular formula is C33H36ClF3N2O5S. The molecule has 1 amide bonds. The third kappa shape index (κ3) is 7.07. The fourth-order valence-electron chi connectivity index (χ4n) is 6.88. The van der Waals surface area contributed by atoms with Crippen LogP contribution in [0, 0.1) is 41.1 Å². The van der Waals surface area contributed by atoms with Gasteiger partial charge in [0.05, 0.1) is 27.4 Å². The van der Waals surface area contributed by atoms with Crippen LogP contribution < -0.4 is 10.8 Å². The summed E-state index contributed by atoms with van der Waals surface area (Å²) in [5, 5.41) is 13.2. The predicted molar refractivity (Wildman–Crippen MR) is 165 cm³/mol. The maximum absolute atomic E-state index is 14.1. The highest BCUT2D eigenvalue weighted by molar-refractivity contribution is 7.92.